The molecule has 0 saturated carbocycles. The normalized spacial score (nSPS) is 15.4. The van der Waals surface area contributed by atoms with Crippen molar-refractivity contribution in [2.45, 2.75) is 18.7 Å². The summed E-state index contributed by atoms with van der Waals surface area (Å²) in [6, 6.07) is 10.8. The highest BCUT2D eigenvalue weighted by Gasteiger charge is 2.26. The average Bonchev–Trinajstić information content (AvgIpc) is 2.69. The Bertz CT molecular complexity index is 842. The van der Waals surface area contributed by atoms with E-state index in [-0.39, 0.29) is 10.6 Å². The van der Waals surface area contributed by atoms with Crippen molar-refractivity contribution in [2.24, 2.45) is 0 Å². The Hall–Kier alpha value is -2.32. The fraction of sp³-hybridized carbons (Fsp3) is 0.421. The molecule has 7 nitrogen and oxygen atoms in total. The summed E-state index contributed by atoms with van der Waals surface area (Å²) in [6.07, 6.45) is 1.58. The predicted molar refractivity (Wildman–Crippen MR) is 106 cm³/mol. The van der Waals surface area contributed by atoms with E-state index in [2.05, 4.69) is 14.8 Å². The monoisotopic (exact) mass is 391 g/mol. The smallest absolute Gasteiger partial charge is 0.274 e. The lowest BCUT2D eigenvalue weighted by atomic mass is 10.2. The van der Waals surface area contributed by atoms with Crippen LogP contribution in [0.4, 0.5) is 11.5 Å². The molecular formula is C19H27N4O3S+. The van der Waals surface area contributed by atoms with E-state index in [4.69, 9.17) is 0 Å². The fourth-order valence-electron chi connectivity index (χ4n) is 3.34. The lowest BCUT2D eigenvalue weighted by molar-refractivity contribution is -0.367. The van der Waals surface area contributed by atoms with Gasteiger partial charge in [-0.25, -0.2) is 13.4 Å². The highest BCUT2D eigenvalue weighted by atomic mass is 32.2. The first-order valence-electron chi connectivity index (χ1n) is 9.26. The van der Waals surface area contributed by atoms with Gasteiger partial charge in [0.1, 0.15) is 29.9 Å². The van der Waals surface area contributed by atoms with Crippen LogP contribution in [-0.4, -0.2) is 57.1 Å². The van der Waals surface area contributed by atoms with Gasteiger partial charge >= 0.3 is 0 Å². The minimum absolute atomic E-state index is 0.270. The van der Waals surface area contributed by atoms with Crippen LogP contribution in [0.2, 0.25) is 0 Å². The van der Waals surface area contributed by atoms with Crippen molar-refractivity contribution >= 4 is 21.5 Å². The summed E-state index contributed by atoms with van der Waals surface area (Å²) in [5.41, 5.74) is 1.09. The number of aromatic nitrogens is 1. The highest BCUT2D eigenvalue weighted by molar-refractivity contribution is 7.89. The van der Waals surface area contributed by atoms with Crippen LogP contribution in [0.15, 0.2) is 47.5 Å². The summed E-state index contributed by atoms with van der Waals surface area (Å²) < 4.78 is 26.6. The van der Waals surface area contributed by atoms with Gasteiger partial charge < -0.3 is 10.0 Å². The maximum Gasteiger partial charge on any atom is 0.274 e. The van der Waals surface area contributed by atoms with E-state index in [0.29, 0.717) is 13.1 Å². The number of aromatic amines is 1. The van der Waals surface area contributed by atoms with Crippen molar-refractivity contribution in [3.05, 3.63) is 42.6 Å². The molecule has 1 fully saturated rings. The predicted octanol–water partition coefficient (Wildman–Crippen LogP) is 1.56. The molecule has 2 N–H and O–H groups in total. The maximum absolute atomic E-state index is 12.6. The van der Waals surface area contributed by atoms with Gasteiger partial charge in [-0.05, 0) is 30.3 Å². The molecule has 0 atom stereocenters. The lowest BCUT2D eigenvalue weighted by Gasteiger charge is -2.32. The Labute approximate surface area is 160 Å². The largest absolute Gasteiger partial charge is 0.508 e. The van der Waals surface area contributed by atoms with Crippen LogP contribution < -0.4 is 14.8 Å². The summed E-state index contributed by atoms with van der Waals surface area (Å²) in [7, 11) is -3.44. The van der Waals surface area contributed by atoms with E-state index in [9.17, 15) is 13.5 Å². The zero-order chi connectivity index (χ0) is 19.4. The summed E-state index contributed by atoms with van der Waals surface area (Å²) in [5, 5.41) is 9.41. The van der Waals surface area contributed by atoms with Gasteiger partial charge in [0.15, 0.2) is 0 Å². The number of aromatic hydroxyl groups is 1. The molecule has 1 aromatic carbocycles. The molecule has 0 unspecified atom stereocenters. The number of nitrogens with zero attached hydrogens (tertiary/aromatic N) is 3. The van der Waals surface area contributed by atoms with E-state index < -0.39 is 10.0 Å². The zero-order valence-corrected chi connectivity index (χ0v) is 16.6. The lowest BCUT2D eigenvalue weighted by Crippen LogP contribution is -2.48. The van der Waals surface area contributed by atoms with Gasteiger partial charge in [-0.15, -0.1) is 0 Å². The third-order valence-electron chi connectivity index (χ3n) is 4.95. The first kappa shape index (κ1) is 19.4. The topological polar surface area (TPSA) is 78.2 Å². The zero-order valence-electron chi connectivity index (χ0n) is 15.8. The number of pyridine rings is 1. The third kappa shape index (κ3) is 4.17. The molecule has 0 amide bonds. The van der Waals surface area contributed by atoms with Gasteiger partial charge in [0.05, 0.1) is 13.1 Å². The van der Waals surface area contributed by atoms with Crippen LogP contribution in [0.3, 0.4) is 0 Å². The second-order valence-electron chi connectivity index (χ2n) is 6.49. The van der Waals surface area contributed by atoms with E-state index in [1.165, 1.54) is 4.31 Å². The van der Waals surface area contributed by atoms with Crippen LogP contribution in [-0.2, 0) is 10.0 Å². The van der Waals surface area contributed by atoms with Gasteiger partial charge in [0.2, 0.25) is 10.0 Å². The van der Waals surface area contributed by atoms with Crippen molar-refractivity contribution in [3.8, 4) is 5.75 Å². The minimum Gasteiger partial charge on any atom is -0.508 e. The molecular weight excluding hydrogens is 364 g/mol. The van der Waals surface area contributed by atoms with Gasteiger partial charge in [0, 0.05) is 24.8 Å². The minimum atomic E-state index is -3.44. The molecule has 1 aliphatic heterocycles. The van der Waals surface area contributed by atoms with E-state index in [0.717, 1.165) is 37.7 Å². The van der Waals surface area contributed by atoms with Gasteiger partial charge in [0.25, 0.3) is 5.82 Å². The first-order chi connectivity index (χ1) is 13.0. The number of H-pyrrole nitrogens is 1. The molecule has 0 bridgehead atoms. The van der Waals surface area contributed by atoms with Gasteiger partial charge in [-0.3, -0.25) is 4.90 Å². The summed E-state index contributed by atoms with van der Waals surface area (Å²) in [4.78, 5) is 7.92. The highest BCUT2D eigenvalue weighted by Crippen LogP contribution is 2.21. The Morgan fingerprint density at radius 1 is 0.963 bits per heavy atom. The van der Waals surface area contributed by atoms with Gasteiger partial charge in [-0.1, -0.05) is 13.8 Å². The molecule has 2 heterocycles. The van der Waals surface area contributed by atoms with Crippen molar-refractivity contribution in [3.63, 3.8) is 0 Å². The molecule has 146 valence electrons. The number of sulfonamides is 1. The standard InChI is InChI=1S/C19H26N4O3S/c1-3-23(4-2)27(25,26)18-9-10-19(20-15-18)22-13-11-21(12-14-22)16-5-7-17(24)8-6-16/h5-10,15,24H,3-4,11-14H2,1-2H3/p+1. The molecule has 0 aliphatic carbocycles. The fourth-order valence-corrected chi connectivity index (χ4v) is 4.77. The number of benzene rings is 1. The Morgan fingerprint density at radius 3 is 2.07 bits per heavy atom. The van der Waals surface area contributed by atoms with Crippen molar-refractivity contribution < 1.29 is 18.5 Å². The Kier molecular flexibility index (Phi) is 5.86. The number of hydrogen-bond acceptors (Lipinski definition) is 5. The van der Waals surface area contributed by atoms with Crippen LogP contribution in [0.1, 0.15) is 13.8 Å². The molecule has 0 spiro atoms. The molecule has 0 radical (unpaired) electrons. The van der Waals surface area contributed by atoms with E-state index in [1.54, 1.807) is 24.4 Å². The quantitative estimate of drug-likeness (QED) is 0.809. The molecule has 1 aromatic heterocycles. The van der Waals surface area contributed by atoms with Crippen LogP contribution in [0.25, 0.3) is 0 Å². The molecule has 1 aliphatic rings. The van der Waals surface area contributed by atoms with Crippen molar-refractivity contribution in [1.82, 2.24) is 4.31 Å². The molecule has 27 heavy (non-hydrogen) atoms. The number of anilines is 2. The van der Waals surface area contributed by atoms with Crippen LogP contribution in [0.5, 0.6) is 5.75 Å². The number of hydrogen-bond donors (Lipinski definition) is 1. The average molecular weight is 392 g/mol. The van der Waals surface area contributed by atoms with Gasteiger partial charge in [-0.2, -0.15) is 4.31 Å². The number of nitrogens with one attached hydrogen (secondary N) is 1. The second-order valence-corrected chi connectivity index (χ2v) is 8.43. The summed E-state index contributed by atoms with van der Waals surface area (Å²) in [6.45, 7) is 7.98. The molecule has 8 heteroatoms. The first-order valence-corrected chi connectivity index (χ1v) is 10.7. The number of piperazine rings is 1. The molecule has 3 rings (SSSR count). The van der Waals surface area contributed by atoms with E-state index >= 15 is 0 Å². The Morgan fingerprint density at radius 2 is 1.56 bits per heavy atom. The SMILES string of the molecule is CCN(CC)S(=O)(=O)c1ccc(N2CCN(c3ccc(O)cc3)CC2)[nH+]c1. The summed E-state index contributed by atoms with van der Waals surface area (Å²) in [5.74, 6) is 1.19. The van der Waals surface area contributed by atoms with E-state index in [1.807, 2.05) is 32.0 Å². The second kappa shape index (κ2) is 8.14. The number of rotatable bonds is 6. The molecule has 2 aromatic rings. The summed E-state index contributed by atoms with van der Waals surface area (Å²) >= 11 is 0. The van der Waals surface area contributed by atoms with Crippen LogP contribution >= 0.6 is 0 Å². The third-order valence-corrected chi connectivity index (χ3v) is 6.99. The van der Waals surface area contributed by atoms with Crippen molar-refractivity contribution in [1.29, 1.82) is 0 Å². The van der Waals surface area contributed by atoms with Crippen molar-refractivity contribution in [2.75, 3.05) is 49.1 Å². The molecule has 1 saturated heterocycles. The number of phenolic OH excluding ortho intramolecular Hbond substituents is 1. The Balaban J connectivity index is 1.66. The maximum atomic E-state index is 12.6. The van der Waals surface area contributed by atoms with Crippen LogP contribution in [0, 0.1) is 0 Å². The number of phenols is 1.